The molecule has 4 N–H and O–H groups in total. The van der Waals surface area contributed by atoms with Crippen molar-refractivity contribution in [3.63, 3.8) is 0 Å². The first kappa shape index (κ1) is 18.4. The lowest BCUT2D eigenvalue weighted by molar-refractivity contribution is 0.175. The van der Waals surface area contributed by atoms with Crippen LogP contribution < -0.4 is 16.7 Å². The molecule has 0 saturated carbocycles. The summed E-state index contributed by atoms with van der Waals surface area (Å²) in [6.07, 6.45) is -0.748. The minimum Gasteiger partial charge on any atom is -0.508 e. The van der Waals surface area contributed by atoms with E-state index in [0.717, 1.165) is 5.56 Å². The summed E-state index contributed by atoms with van der Waals surface area (Å²) < 4.78 is 2.70. The SMILES string of the molecule is C/C(=N/Nc1nc2c(c(=O)[nH]c(=O)n2C)n1C[C@@H](C)O)c1ccc(O)cc1. The molecule has 0 aliphatic carbocycles. The fourth-order valence-corrected chi connectivity index (χ4v) is 2.66. The van der Waals surface area contributed by atoms with Crippen LogP contribution in [0.25, 0.3) is 11.2 Å². The first-order valence-electron chi connectivity index (χ1n) is 8.25. The fourth-order valence-electron chi connectivity index (χ4n) is 2.66. The molecule has 0 aliphatic rings. The van der Waals surface area contributed by atoms with Crippen LogP contribution in [0.5, 0.6) is 5.75 Å². The van der Waals surface area contributed by atoms with E-state index >= 15 is 0 Å². The smallest absolute Gasteiger partial charge is 0.329 e. The van der Waals surface area contributed by atoms with Crippen molar-refractivity contribution in [1.29, 1.82) is 0 Å². The molecule has 1 atom stereocenters. The number of aromatic amines is 1. The minimum absolute atomic E-state index is 0.0912. The highest BCUT2D eigenvalue weighted by Gasteiger charge is 2.18. The Bertz CT molecular complexity index is 1120. The number of phenols is 1. The molecule has 0 aliphatic heterocycles. The third-order valence-electron chi connectivity index (χ3n) is 4.06. The summed E-state index contributed by atoms with van der Waals surface area (Å²) in [7, 11) is 1.50. The van der Waals surface area contributed by atoms with Crippen molar-refractivity contribution < 1.29 is 10.2 Å². The molecular weight excluding hydrogens is 352 g/mol. The number of H-pyrrole nitrogens is 1. The summed E-state index contributed by atoms with van der Waals surface area (Å²) in [6, 6.07) is 6.52. The van der Waals surface area contributed by atoms with Gasteiger partial charge in [0.25, 0.3) is 5.56 Å². The summed E-state index contributed by atoms with van der Waals surface area (Å²) in [5, 5.41) is 23.4. The molecule has 0 amide bonds. The summed E-state index contributed by atoms with van der Waals surface area (Å²) in [6.45, 7) is 3.44. The molecule has 27 heavy (non-hydrogen) atoms. The molecule has 3 rings (SSSR count). The van der Waals surface area contributed by atoms with Gasteiger partial charge in [0.2, 0.25) is 5.95 Å². The number of aliphatic hydroxyl groups excluding tert-OH is 1. The monoisotopic (exact) mass is 372 g/mol. The maximum Gasteiger partial charge on any atom is 0.329 e. The fraction of sp³-hybridized carbons (Fsp3) is 0.294. The summed E-state index contributed by atoms with van der Waals surface area (Å²) in [5.41, 5.74) is 3.37. The second-order valence-electron chi connectivity index (χ2n) is 6.24. The Hall–Kier alpha value is -3.40. The van der Waals surface area contributed by atoms with Crippen molar-refractivity contribution in [3.05, 3.63) is 50.7 Å². The minimum atomic E-state index is -0.748. The lowest BCUT2D eigenvalue weighted by atomic mass is 10.1. The van der Waals surface area contributed by atoms with E-state index in [2.05, 4.69) is 20.5 Å². The van der Waals surface area contributed by atoms with Crippen molar-refractivity contribution in [3.8, 4) is 5.75 Å². The van der Waals surface area contributed by atoms with Gasteiger partial charge in [-0.25, -0.2) is 10.2 Å². The molecule has 3 aromatic rings. The zero-order chi connectivity index (χ0) is 19.7. The molecule has 1 aromatic carbocycles. The largest absolute Gasteiger partial charge is 0.508 e. The van der Waals surface area contributed by atoms with Crippen LogP contribution in [0.4, 0.5) is 5.95 Å². The molecule has 2 heterocycles. The number of aromatic nitrogens is 4. The number of nitrogens with zero attached hydrogens (tertiary/aromatic N) is 4. The highest BCUT2D eigenvalue weighted by molar-refractivity contribution is 5.99. The van der Waals surface area contributed by atoms with Crippen LogP contribution in [0.15, 0.2) is 39.0 Å². The van der Waals surface area contributed by atoms with Crippen molar-refractivity contribution in [1.82, 2.24) is 19.1 Å². The number of aromatic hydroxyl groups is 1. The molecule has 0 bridgehead atoms. The van der Waals surface area contributed by atoms with Gasteiger partial charge in [-0.2, -0.15) is 10.1 Å². The quantitative estimate of drug-likeness (QED) is 0.377. The van der Waals surface area contributed by atoms with Gasteiger partial charge >= 0.3 is 5.69 Å². The van der Waals surface area contributed by atoms with Gasteiger partial charge in [0.05, 0.1) is 18.4 Å². The van der Waals surface area contributed by atoms with Crippen molar-refractivity contribution in [2.24, 2.45) is 12.1 Å². The average Bonchev–Trinajstić information content (AvgIpc) is 2.96. The number of anilines is 1. The van der Waals surface area contributed by atoms with Gasteiger partial charge in [0.1, 0.15) is 5.75 Å². The van der Waals surface area contributed by atoms with E-state index in [-0.39, 0.29) is 29.4 Å². The molecule has 0 fully saturated rings. The number of aryl methyl sites for hydroxylation is 1. The van der Waals surface area contributed by atoms with E-state index in [0.29, 0.717) is 5.71 Å². The Kier molecular flexibility index (Phi) is 4.82. The highest BCUT2D eigenvalue weighted by atomic mass is 16.3. The Morgan fingerprint density at radius 1 is 1.33 bits per heavy atom. The van der Waals surface area contributed by atoms with Crippen LogP contribution in [-0.4, -0.2) is 41.1 Å². The third-order valence-corrected chi connectivity index (χ3v) is 4.06. The van der Waals surface area contributed by atoms with E-state index in [1.807, 2.05) is 0 Å². The van der Waals surface area contributed by atoms with Crippen LogP contribution in [0, 0.1) is 0 Å². The van der Waals surface area contributed by atoms with Crippen LogP contribution >= 0.6 is 0 Å². The maximum absolute atomic E-state index is 12.3. The van der Waals surface area contributed by atoms with Gasteiger partial charge < -0.3 is 14.8 Å². The van der Waals surface area contributed by atoms with Gasteiger partial charge in [0.15, 0.2) is 11.2 Å². The number of hydrogen-bond donors (Lipinski definition) is 4. The molecule has 10 nitrogen and oxygen atoms in total. The number of nitrogens with one attached hydrogen (secondary N) is 2. The molecule has 0 spiro atoms. The normalized spacial score (nSPS) is 13.1. The highest BCUT2D eigenvalue weighted by Crippen LogP contribution is 2.17. The number of hydrazone groups is 1. The van der Waals surface area contributed by atoms with Crippen molar-refractivity contribution in [2.75, 3.05) is 5.43 Å². The number of phenolic OH excluding ortho intramolecular Hbond substituents is 1. The zero-order valence-electron chi connectivity index (χ0n) is 15.1. The standard InChI is InChI=1S/C17H20N6O4/c1-9(24)8-23-13-14(22(3)17(27)19-15(13)26)18-16(23)21-20-10(2)11-4-6-12(25)7-5-11/h4-7,9,24-25H,8H2,1-3H3,(H,18,21)(H,19,26,27)/b20-10-/t9-/m1/s1. The van der Waals surface area contributed by atoms with Crippen LogP contribution in [0.3, 0.4) is 0 Å². The zero-order valence-corrected chi connectivity index (χ0v) is 15.1. The van der Waals surface area contributed by atoms with E-state index in [9.17, 15) is 19.8 Å². The first-order valence-corrected chi connectivity index (χ1v) is 8.25. The van der Waals surface area contributed by atoms with Crippen molar-refractivity contribution >= 4 is 22.8 Å². The van der Waals surface area contributed by atoms with E-state index in [4.69, 9.17) is 0 Å². The molecule has 0 saturated heterocycles. The second kappa shape index (κ2) is 7.08. The number of imidazole rings is 1. The Morgan fingerprint density at radius 2 is 2.00 bits per heavy atom. The summed E-state index contributed by atoms with van der Waals surface area (Å²) in [5.74, 6) is 0.370. The van der Waals surface area contributed by atoms with Gasteiger partial charge in [-0.05, 0) is 43.7 Å². The van der Waals surface area contributed by atoms with E-state index in [1.54, 1.807) is 38.1 Å². The number of aliphatic hydroxyl groups is 1. The number of benzene rings is 1. The van der Waals surface area contributed by atoms with Crippen LogP contribution in [0.2, 0.25) is 0 Å². The van der Waals surface area contributed by atoms with Gasteiger partial charge in [-0.15, -0.1) is 0 Å². The van der Waals surface area contributed by atoms with Crippen molar-refractivity contribution in [2.45, 2.75) is 26.5 Å². The Morgan fingerprint density at radius 3 is 2.63 bits per heavy atom. The Balaban J connectivity index is 2.07. The van der Waals surface area contributed by atoms with E-state index < -0.39 is 17.4 Å². The summed E-state index contributed by atoms with van der Waals surface area (Å²) in [4.78, 5) is 30.6. The van der Waals surface area contributed by atoms with Crippen LogP contribution in [0.1, 0.15) is 19.4 Å². The molecule has 0 radical (unpaired) electrons. The maximum atomic E-state index is 12.3. The van der Waals surface area contributed by atoms with Gasteiger partial charge in [-0.3, -0.25) is 14.3 Å². The van der Waals surface area contributed by atoms with Gasteiger partial charge in [-0.1, -0.05) is 0 Å². The lowest BCUT2D eigenvalue weighted by Gasteiger charge is -2.10. The predicted octanol–water partition coefficient (Wildman–Crippen LogP) is 0.346. The number of hydrogen-bond acceptors (Lipinski definition) is 7. The van der Waals surface area contributed by atoms with E-state index in [1.165, 1.54) is 16.2 Å². The second-order valence-corrected chi connectivity index (χ2v) is 6.24. The third kappa shape index (κ3) is 3.60. The number of fused-ring (bicyclic) bond motifs is 1. The molecule has 10 heteroatoms. The number of rotatable bonds is 5. The lowest BCUT2D eigenvalue weighted by Crippen LogP contribution is -2.29. The van der Waals surface area contributed by atoms with Crippen LogP contribution in [-0.2, 0) is 13.6 Å². The molecule has 0 unspecified atom stereocenters. The predicted molar refractivity (Wildman–Crippen MR) is 101 cm³/mol. The molecular formula is C17H20N6O4. The average molecular weight is 372 g/mol. The Labute approximate surface area is 153 Å². The van der Waals surface area contributed by atoms with Gasteiger partial charge in [0, 0.05) is 7.05 Å². The molecule has 142 valence electrons. The summed E-state index contributed by atoms with van der Waals surface area (Å²) >= 11 is 0. The molecule has 2 aromatic heterocycles. The first-order chi connectivity index (χ1) is 12.8. The topological polar surface area (TPSA) is 138 Å².